The molecule has 0 amide bonds. The van der Waals surface area contributed by atoms with Crippen LogP contribution in [0.1, 0.15) is 32.6 Å². The zero-order valence-corrected chi connectivity index (χ0v) is 12.8. The van der Waals surface area contributed by atoms with Crippen molar-refractivity contribution in [2.45, 2.75) is 32.6 Å². The van der Waals surface area contributed by atoms with Gasteiger partial charge in [0.1, 0.15) is 0 Å². The molecule has 3 aromatic rings. The summed E-state index contributed by atoms with van der Waals surface area (Å²) in [6, 6.07) is 15.4. The Morgan fingerprint density at radius 3 is 2.65 bits per heavy atom. The second-order valence-electron chi connectivity index (χ2n) is 5.30. The Morgan fingerprint density at radius 1 is 0.900 bits per heavy atom. The van der Waals surface area contributed by atoms with E-state index in [1.54, 1.807) is 0 Å². The van der Waals surface area contributed by atoms with Crippen molar-refractivity contribution in [1.29, 1.82) is 0 Å². The van der Waals surface area contributed by atoms with Gasteiger partial charge in [-0.05, 0) is 30.7 Å². The van der Waals surface area contributed by atoms with Crippen molar-refractivity contribution in [2.75, 3.05) is 11.9 Å². The highest BCUT2D eigenvalue weighted by Crippen LogP contribution is 2.35. The average molecular weight is 283 g/mol. The van der Waals surface area contributed by atoms with Crippen LogP contribution in [0.15, 0.2) is 42.5 Å². The Balaban J connectivity index is 1.77. The predicted molar refractivity (Wildman–Crippen MR) is 92.0 cm³/mol. The first kappa shape index (κ1) is 13.4. The largest absolute Gasteiger partial charge is 0.385 e. The molecule has 0 saturated heterocycles. The molecule has 1 heterocycles. The van der Waals surface area contributed by atoms with E-state index in [4.69, 9.17) is 0 Å². The zero-order valence-electron chi connectivity index (χ0n) is 12.0. The second kappa shape index (κ2) is 6.27. The molecule has 1 aromatic heterocycles. The van der Waals surface area contributed by atoms with E-state index in [0.29, 0.717) is 0 Å². The van der Waals surface area contributed by atoms with Crippen molar-refractivity contribution >= 4 is 37.2 Å². The molecule has 0 bridgehead atoms. The normalized spacial score (nSPS) is 11.2. The molecule has 0 radical (unpaired) electrons. The van der Waals surface area contributed by atoms with E-state index < -0.39 is 0 Å². The summed E-state index contributed by atoms with van der Waals surface area (Å²) in [5.41, 5.74) is 1.25. The van der Waals surface area contributed by atoms with E-state index in [1.807, 2.05) is 11.3 Å². The van der Waals surface area contributed by atoms with Gasteiger partial charge in [-0.2, -0.15) is 0 Å². The summed E-state index contributed by atoms with van der Waals surface area (Å²) in [5, 5.41) is 6.31. The van der Waals surface area contributed by atoms with Gasteiger partial charge in [0.25, 0.3) is 0 Å². The van der Waals surface area contributed by atoms with Crippen LogP contribution in [-0.4, -0.2) is 6.54 Å². The number of anilines is 1. The summed E-state index contributed by atoms with van der Waals surface area (Å²) in [7, 11) is 0. The molecule has 0 atom stereocenters. The van der Waals surface area contributed by atoms with E-state index in [-0.39, 0.29) is 0 Å². The van der Waals surface area contributed by atoms with Crippen molar-refractivity contribution in [3.05, 3.63) is 42.5 Å². The minimum absolute atomic E-state index is 1.08. The molecule has 0 unspecified atom stereocenters. The van der Waals surface area contributed by atoms with Gasteiger partial charge in [0, 0.05) is 32.4 Å². The SMILES string of the molecule is CCCCCCNc1ccc2sc3ccccc3c2c1. The van der Waals surface area contributed by atoms with Gasteiger partial charge in [0.15, 0.2) is 0 Å². The highest BCUT2D eigenvalue weighted by atomic mass is 32.1. The van der Waals surface area contributed by atoms with Gasteiger partial charge in [-0.1, -0.05) is 44.4 Å². The van der Waals surface area contributed by atoms with Crippen molar-refractivity contribution in [3.8, 4) is 0 Å². The first-order chi connectivity index (χ1) is 9.88. The fourth-order valence-corrected chi connectivity index (χ4v) is 3.71. The summed E-state index contributed by atoms with van der Waals surface area (Å²) in [6.07, 6.45) is 5.23. The molecule has 0 spiro atoms. The lowest BCUT2D eigenvalue weighted by Crippen LogP contribution is -2.00. The van der Waals surface area contributed by atoms with Crippen molar-refractivity contribution in [2.24, 2.45) is 0 Å². The molecular weight excluding hydrogens is 262 g/mol. The number of fused-ring (bicyclic) bond motifs is 3. The summed E-state index contributed by atoms with van der Waals surface area (Å²) in [6.45, 7) is 3.33. The Bertz CT molecular complexity index is 699. The Hall–Kier alpha value is -1.54. The molecule has 1 N–H and O–H groups in total. The molecule has 0 saturated carbocycles. The highest BCUT2D eigenvalue weighted by molar-refractivity contribution is 7.25. The van der Waals surface area contributed by atoms with Gasteiger partial charge in [-0.15, -0.1) is 11.3 Å². The molecule has 0 aliphatic carbocycles. The molecule has 104 valence electrons. The van der Waals surface area contributed by atoms with Gasteiger partial charge in [0.2, 0.25) is 0 Å². The number of rotatable bonds is 6. The number of benzene rings is 2. The second-order valence-corrected chi connectivity index (χ2v) is 6.38. The predicted octanol–water partition coefficient (Wildman–Crippen LogP) is 6.05. The van der Waals surface area contributed by atoms with Gasteiger partial charge in [-0.25, -0.2) is 0 Å². The topological polar surface area (TPSA) is 12.0 Å². The van der Waals surface area contributed by atoms with E-state index in [0.717, 1.165) is 6.54 Å². The van der Waals surface area contributed by atoms with Crippen LogP contribution in [0.2, 0.25) is 0 Å². The molecule has 3 rings (SSSR count). The van der Waals surface area contributed by atoms with Crippen LogP contribution in [0.25, 0.3) is 20.2 Å². The highest BCUT2D eigenvalue weighted by Gasteiger charge is 2.04. The number of unbranched alkanes of at least 4 members (excludes halogenated alkanes) is 3. The number of hydrogen-bond acceptors (Lipinski definition) is 2. The van der Waals surface area contributed by atoms with Crippen LogP contribution >= 0.6 is 11.3 Å². The maximum Gasteiger partial charge on any atom is 0.0356 e. The third-order valence-corrected chi connectivity index (χ3v) is 4.89. The number of thiophene rings is 1. The molecule has 2 heteroatoms. The van der Waals surface area contributed by atoms with Crippen molar-refractivity contribution in [3.63, 3.8) is 0 Å². The summed E-state index contributed by atoms with van der Waals surface area (Å²) in [4.78, 5) is 0. The van der Waals surface area contributed by atoms with Crippen LogP contribution in [0.4, 0.5) is 5.69 Å². The minimum atomic E-state index is 1.08. The van der Waals surface area contributed by atoms with E-state index in [2.05, 4.69) is 54.7 Å². The van der Waals surface area contributed by atoms with Crippen molar-refractivity contribution in [1.82, 2.24) is 0 Å². The number of nitrogens with one attached hydrogen (secondary N) is 1. The van der Waals surface area contributed by atoms with Crippen LogP contribution in [-0.2, 0) is 0 Å². The average Bonchev–Trinajstić information content (AvgIpc) is 2.85. The molecule has 0 aliphatic rings. The van der Waals surface area contributed by atoms with E-state index in [1.165, 1.54) is 51.5 Å². The summed E-state index contributed by atoms with van der Waals surface area (Å²) >= 11 is 1.88. The van der Waals surface area contributed by atoms with E-state index in [9.17, 15) is 0 Å². The quantitative estimate of drug-likeness (QED) is 0.543. The summed E-state index contributed by atoms with van der Waals surface area (Å²) in [5.74, 6) is 0. The third kappa shape index (κ3) is 2.80. The third-order valence-electron chi connectivity index (χ3n) is 3.74. The first-order valence-corrected chi connectivity index (χ1v) is 8.35. The van der Waals surface area contributed by atoms with Gasteiger partial charge < -0.3 is 5.32 Å². The lowest BCUT2D eigenvalue weighted by molar-refractivity contribution is 0.685. The smallest absolute Gasteiger partial charge is 0.0356 e. The molecule has 2 aromatic carbocycles. The fourth-order valence-electron chi connectivity index (χ4n) is 2.62. The minimum Gasteiger partial charge on any atom is -0.385 e. The van der Waals surface area contributed by atoms with Gasteiger partial charge in [-0.3, -0.25) is 0 Å². The first-order valence-electron chi connectivity index (χ1n) is 7.53. The monoisotopic (exact) mass is 283 g/mol. The maximum absolute atomic E-state index is 3.55. The molecular formula is C18H21NS. The lowest BCUT2D eigenvalue weighted by atomic mass is 10.1. The van der Waals surface area contributed by atoms with Crippen LogP contribution in [0.5, 0.6) is 0 Å². The van der Waals surface area contributed by atoms with E-state index >= 15 is 0 Å². The molecule has 0 fully saturated rings. The van der Waals surface area contributed by atoms with Gasteiger partial charge >= 0.3 is 0 Å². The molecule has 20 heavy (non-hydrogen) atoms. The Morgan fingerprint density at radius 2 is 1.75 bits per heavy atom. The fraction of sp³-hybridized carbons (Fsp3) is 0.333. The van der Waals surface area contributed by atoms with Crippen LogP contribution in [0.3, 0.4) is 0 Å². The van der Waals surface area contributed by atoms with Gasteiger partial charge in [0.05, 0.1) is 0 Å². The molecule has 1 nitrogen and oxygen atoms in total. The molecule has 0 aliphatic heterocycles. The standard InChI is InChI=1S/C18H21NS/c1-2-3-4-7-12-19-14-10-11-18-16(13-14)15-8-5-6-9-17(15)20-18/h5-6,8-11,13,19H,2-4,7,12H2,1H3. The Kier molecular flexibility index (Phi) is 4.22. The van der Waals surface area contributed by atoms with Crippen LogP contribution in [0, 0.1) is 0 Å². The summed E-state index contributed by atoms with van der Waals surface area (Å²) < 4.78 is 2.75. The lowest BCUT2D eigenvalue weighted by Gasteiger charge is -2.06. The van der Waals surface area contributed by atoms with Crippen molar-refractivity contribution < 1.29 is 0 Å². The van der Waals surface area contributed by atoms with Crippen LogP contribution < -0.4 is 5.32 Å². The zero-order chi connectivity index (χ0) is 13.8. The number of hydrogen-bond donors (Lipinski definition) is 1. The Labute approximate surface area is 124 Å². The maximum atomic E-state index is 3.55.